The third kappa shape index (κ3) is 4.91. The number of likely N-dealkylation sites (tertiary alicyclic amines) is 1. The van der Waals surface area contributed by atoms with Crippen LogP contribution in [0.15, 0.2) is 48.8 Å². The number of carbonyl (C=O) groups excluding carboxylic acids is 3. The van der Waals surface area contributed by atoms with Crippen LogP contribution in [0.5, 0.6) is 0 Å². The SMILES string of the molecule is O=C(NCC1CCN(C(=O)c2ccncc2)CC1)C(=O)Nc1ccccc1F. The smallest absolute Gasteiger partial charge is 0.313 e. The Morgan fingerprint density at radius 2 is 1.71 bits per heavy atom. The van der Waals surface area contributed by atoms with Crippen LogP contribution in [0.1, 0.15) is 23.2 Å². The van der Waals surface area contributed by atoms with Gasteiger partial charge < -0.3 is 15.5 Å². The highest BCUT2D eigenvalue weighted by Gasteiger charge is 2.24. The number of piperidine rings is 1. The molecule has 146 valence electrons. The third-order valence-electron chi connectivity index (χ3n) is 4.71. The number of anilines is 1. The van der Waals surface area contributed by atoms with Gasteiger partial charge in [-0.2, -0.15) is 0 Å². The molecule has 0 saturated carbocycles. The summed E-state index contributed by atoms with van der Waals surface area (Å²) in [5, 5.41) is 4.84. The molecule has 0 atom stereocenters. The first kappa shape index (κ1) is 19.5. The molecular formula is C20H21FN4O3. The van der Waals surface area contributed by atoms with Gasteiger partial charge in [-0.05, 0) is 43.0 Å². The summed E-state index contributed by atoms with van der Waals surface area (Å²) in [4.78, 5) is 41.9. The highest BCUT2D eigenvalue weighted by atomic mass is 19.1. The number of pyridine rings is 1. The summed E-state index contributed by atoms with van der Waals surface area (Å²) in [7, 11) is 0. The lowest BCUT2D eigenvalue weighted by Crippen LogP contribution is -2.43. The monoisotopic (exact) mass is 384 g/mol. The zero-order valence-corrected chi connectivity index (χ0v) is 15.2. The van der Waals surface area contributed by atoms with Crippen molar-refractivity contribution < 1.29 is 18.8 Å². The number of rotatable bonds is 4. The summed E-state index contributed by atoms with van der Waals surface area (Å²) >= 11 is 0. The predicted molar refractivity (Wildman–Crippen MR) is 101 cm³/mol. The third-order valence-corrected chi connectivity index (χ3v) is 4.71. The van der Waals surface area contributed by atoms with Gasteiger partial charge in [0.25, 0.3) is 5.91 Å². The van der Waals surface area contributed by atoms with E-state index in [1.54, 1.807) is 35.5 Å². The zero-order chi connectivity index (χ0) is 19.9. The second-order valence-corrected chi connectivity index (χ2v) is 6.62. The van der Waals surface area contributed by atoms with E-state index in [2.05, 4.69) is 15.6 Å². The molecule has 1 aromatic heterocycles. The van der Waals surface area contributed by atoms with Gasteiger partial charge >= 0.3 is 11.8 Å². The molecule has 0 aliphatic carbocycles. The molecule has 1 fully saturated rings. The molecule has 1 saturated heterocycles. The Kier molecular flexibility index (Phi) is 6.31. The molecule has 1 aliphatic rings. The molecule has 0 spiro atoms. The number of hydrogen-bond acceptors (Lipinski definition) is 4. The van der Waals surface area contributed by atoms with E-state index in [-0.39, 0.29) is 17.5 Å². The number of benzene rings is 1. The van der Waals surface area contributed by atoms with Crippen LogP contribution in [0, 0.1) is 11.7 Å². The van der Waals surface area contributed by atoms with Crippen molar-refractivity contribution in [2.75, 3.05) is 25.0 Å². The van der Waals surface area contributed by atoms with Gasteiger partial charge in [-0.1, -0.05) is 12.1 Å². The lowest BCUT2D eigenvalue weighted by atomic mass is 9.96. The molecule has 0 radical (unpaired) electrons. The average molecular weight is 384 g/mol. The largest absolute Gasteiger partial charge is 0.348 e. The van der Waals surface area contributed by atoms with Gasteiger partial charge in [0.05, 0.1) is 5.69 Å². The first-order chi connectivity index (χ1) is 13.5. The molecule has 2 aromatic rings. The van der Waals surface area contributed by atoms with Gasteiger partial charge in [-0.25, -0.2) is 4.39 Å². The topological polar surface area (TPSA) is 91.4 Å². The molecule has 1 aromatic carbocycles. The fourth-order valence-electron chi connectivity index (χ4n) is 3.08. The molecule has 1 aliphatic heterocycles. The minimum absolute atomic E-state index is 0.0332. The number of amides is 3. The summed E-state index contributed by atoms with van der Waals surface area (Å²) in [5.41, 5.74) is 0.567. The summed E-state index contributed by atoms with van der Waals surface area (Å²) in [6.07, 6.45) is 4.63. The maximum absolute atomic E-state index is 13.5. The zero-order valence-electron chi connectivity index (χ0n) is 15.2. The van der Waals surface area contributed by atoms with Crippen molar-refractivity contribution in [3.8, 4) is 0 Å². The average Bonchev–Trinajstić information content (AvgIpc) is 2.74. The number of hydrogen-bond donors (Lipinski definition) is 2. The van der Waals surface area contributed by atoms with Gasteiger partial charge in [0.15, 0.2) is 0 Å². The van der Waals surface area contributed by atoms with E-state index in [4.69, 9.17) is 0 Å². The van der Waals surface area contributed by atoms with Crippen LogP contribution in [-0.4, -0.2) is 47.2 Å². The molecular weight excluding hydrogens is 363 g/mol. The minimum atomic E-state index is -0.907. The van der Waals surface area contributed by atoms with Crippen molar-refractivity contribution in [1.29, 1.82) is 0 Å². The van der Waals surface area contributed by atoms with Crippen LogP contribution in [0.2, 0.25) is 0 Å². The van der Waals surface area contributed by atoms with Crippen LogP contribution < -0.4 is 10.6 Å². The van der Waals surface area contributed by atoms with Crippen molar-refractivity contribution in [2.45, 2.75) is 12.8 Å². The van der Waals surface area contributed by atoms with Crippen LogP contribution in [-0.2, 0) is 9.59 Å². The number of carbonyl (C=O) groups is 3. The Balaban J connectivity index is 1.42. The molecule has 28 heavy (non-hydrogen) atoms. The normalized spacial score (nSPS) is 14.4. The van der Waals surface area contributed by atoms with Gasteiger partial charge in [-0.15, -0.1) is 0 Å². The van der Waals surface area contributed by atoms with Crippen molar-refractivity contribution in [3.05, 3.63) is 60.2 Å². The summed E-state index contributed by atoms with van der Waals surface area (Å²) in [6.45, 7) is 1.51. The molecule has 3 rings (SSSR count). The summed E-state index contributed by atoms with van der Waals surface area (Å²) < 4.78 is 13.5. The lowest BCUT2D eigenvalue weighted by Gasteiger charge is -2.32. The van der Waals surface area contributed by atoms with E-state index in [0.717, 1.165) is 12.8 Å². The molecule has 3 amide bonds. The molecule has 0 bridgehead atoms. The highest BCUT2D eigenvalue weighted by Crippen LogP contribution is 2.18. The molecule has 8 heteroatoms. The quantitative estimate of drug-likeness (QED) is 0.787. The Hall–Kier alpha value is -3.29. The van der Waals surface area contributed by atoms with Crippen LogP contribution in [0.3, 0.4) is 0 Å². The van der Waals surface area contributed by atoms with Crippen LogP contribution >= 0.6 is 0 Å². The Bertz CT molecular complexity index is 852. The summed E-state index contributed by atoms with van der Waals surface area (Å²) in [5.74, 6) is -2.18. The van der Waals surface area contributed by atoms with Crippen molar-refractivity contribution >= 4 is 23.4 Å². The van der Waals surface area contributed by atoms with Gasteiger partial charge in [0, 0.05) is 37.6 Å². The number of nitrogens with zero attached hydrogens (tertiary/aromatic N) is 2. The van der Waals surface area contributed by atoms with E-state index in [9.17, 15) is 18.8 Å². The first-order valence-electron chi connectivity index (χ1n) is 9.07. The second kappa shape index (κ2) is 9.07. The van der Waals surface area contributed by atoms with E-state index in [1.165, 1.54) is 18.2 Å². The van der Waals surface area contributed by atoms with Crippen LogP contribution in [0.25, 0.3) is 0 Å². The lowest BCUT2D eigenvalue weighted by molar-refractivity contribution is -0.136. The molecule has 0 unspecified atom stereocenters. The van der Waals surface area contributed by atoms with Crippen molar-refractivity contribution in [1.82, 2.24) is 15.2 Å². The van der Waals surface area contributed by atoms with E-state index in [0.29, 0.717) is 25.2 Å². The standard InChI is InChI=1S/C20H21FN4O3/c21-16-3-1-2-4-17(16)24-19(27)18(26)23-13-14-7-11-25(12-8-14)20(28)15-5-9-22-10-6-15/h1-6,9-10,14H,7-8,11-13H2,(H,23,26)(H,24,27). The Morgan fingerprint density at radius 1 is 1.04 bits per heavy atom. The predicted octanol–water partition coefficient (Wildman–Crippen LogP) is 1.83. The Labute approximate surface area is 161 Å². The maximum Gasteiger partial charge on any atom is 0.313 e. The molecule has 2 N–H and O–H groups in total. The maximum atomic E-state index is 13.5. The van der Waals surface area contributed by atoms with Crippen LogP contribution in [0.4, 0.5) is 10.1 Å². The van der Waals surface area contributed by atoms with Crippen molar-refractivity contribution in [3.63, 3.8) is 0 Å². The fourth-order valence-corrected chi connectivity index (χ4v) is 3.08. The number of para-hydroxylation sites is 1. The van der Waals surface area contributed by atoms with E-state index >= 15 is 0 Å². The van der Waals surface area contributed by atoms with Crippen molar-refractivity contribution in [2.24, 2.45) is 5.92 Å². The molecule has 7 nitrogen and oxygen atoms in total. The number of halogens is 1. The minimum Gasteiger partial charge on any atom is -0.348 e. The Morgan fingerprint density at radius 3 is 2.39 bits per heavy atom. The van der Waals surface area contributed by atoms with E-state index < -0.39 is 17.6 Å². The van der Waals surface area contributed by atoms with E-state index in [1.807, 2.05) is 0 Å². The molecule has 2 heterocycles. The number of nitrogens with one attached hydrogen (secondary N) is 2. The first-order valence-corrected chi connectivity index (χ1v) is 9.07. The summed E-state index contributed by atoms with van der Waals surface area (Å²) in [6, 6.07) is 9.02. The van der Waals surface area contributed by atoms with Gasteiger partial charge in [0.2, 0.25) is 0 Å². The number of aromatic nitrogens is 1. The second-order valence-electron chi connectivity index (χ2n) is 6.62. The van der Waals surface area contributed by atoms with Gasteiger partial charge in [0.1, 0.15) is 5.82 Å². The van der Waals surface area contributed by atoms with Gasteiger partial charge in [-0.3, -0.25) is 19.4 Å². The fraction of sp³-hybridized carbons (Fsp3) is 0.300. The highest BCUT2D eigenvalue weighted by molar-refractivity contribution is 6.39.